The molecule has 0 aliphatic carbocycles. The molecule has 0 bridgehead atoms. The fourth-order valence-electron chi connectivity index (χ4n) is 4.56. The minimum absolute atomic E-state index is 0.0156. The van der Waals surface area contributed by atoms with Gasteiger partial charge in [-0.15, -0.1) is 0 Å². The lowest BCUT2D eigenvalue weighted by Crippen LogP contribution is -2.48. The minimum atomic E-state index is -0.0156. The maximum atomic E-state index is 13.3. The molecule has 0 unspecified atom stereocenters. The number of carbonyl (C=O) groups is 1. The molecular formula is C25H30ClN3O. The van der Waals surface area contributed by atoms with Gasteiger partial charge in [-0.05, 0) is 42.8 Å². The molecule has 5 heteroatoms. The van der Waals surface area contributed by atoms with Gasteiger partial charge in [0.1, 0.15) is 0 Å². The van der Waals surface area contributed by atoms with E-state index >= 15 is 0 Å². The quantitative estimate of drug-likeness (QED) is 0.558. The summed E-state index contributed by atoms with van der Waals surface area (Å²) in [7, 11) is 0. The van der Waals surface area contributed by atoms with Gasteiger partial charge >= 0.3 is 0 Å². The number of aryl methyl sites for hydroxylation is 1. The summed E-state index contributed by atoms with van der Waals surface area (Å²) in [5.74, 6) is 0.210. The highest BCUT2D eigenvalue weighted by Gasteiger charge is 2.27. The molecule has 4 rings (SSSR count). The van der Waals surface area contributed by atoms with Gasteiger partial charge in [-0.2, -0.15) is 0 Å². The molecule has 1 atom stereocenters. The van der Waals surface area contributed by atoms with E-state index in [0.29, 0.717) is 11.4 Å². The largest absolute Gasteiger partial charge is 0.347 e. The van der Waals surface area contributed by atoms with E-state index in [1.54, 1.807) is 0 Å². The van der Waals surface area contributed by atoms with Crippen LogP contribution in [0.25, 0.3) is 10.9 Å². The summed E-state index contributed by atoms with van der Waals surface area (Å²) in [6.07, 6.45) is 2.68. The highest BCUT2D eigenvalue weighted by atomic mass is 35.5. The number of aromatic nitrogens is 1. The van der Waals surface area contributed by atoms with Crippen LogP contribution in [0.5, 0.6) is 0 Å². The molecule has 2 aromatic carbocycles. The van der Waals surface area contributed by atoms with Crippen molar-refractivity contribution in [3.63, 3.8) is 0 Å². The number of nitrogens with zero attached hydrogens (tertiary/aromatic N) is 3. The average molecular weight is 424 g/mol. The Morgan fingerprint density at radius 1 is 1.00 bits per heavy atom. The molecule has 1 aromatic heterocycles. The highest BCUT2D eigenvalue weighted by molar-refractivity contribution is 6.30. The van der Waals surface area contributed by atoms with Crippen LogP contribution < -0.4 is 0 Å². The summed E-state index contributed by atoms with van der Waals surface area (Å²) in [5.41, 5.74) is 3.52. The summed E-state index contributed by atoms with van der Waals surface area (Å²) < 4.78 is 2.27. The number of hydrogen-bond acceptors (Lipinski definition) is 2. The Morgan fingerprint density at radius 3 is 2.47 bits per heavy atom. The molecule has 1 saturated heterocycles. The van der Waals surface area contributed by atoms with Crippen molar-refractivity contribution >= 4 is 28.4 Å². The second-order valence-corrected chi connectivity index (χ2v) is 8.45. The zero-order valence-electron chi connectivity index (χ0n) is 17.9. The van der Waals surface area contributed by atoms with Crippen molar-refractivity contribution in [2.24, 2.45) is 0 Å². The molecular weight excluding hydrogens is 394 g/mol. The van der Waals surface area contributed by atoms with Crippen LogP contribution in [0.3, 0.4) is 0 Å². The third-order valence-corrected chi connectivity index (χ3v) is 6.57. The highest BCUT2D eigenvalue weighted by Crippen LogP contribution is 2.36. The van der Waals surface area contributed by atoms with E-state index in [1.165, 1.54) is 16.5 Å². The normalized spacial score (nSPS) is 16.2. The number of halogens is 1. The number of para-hydroxylation sites is 1. The van der Waals surface area contributed by atoms with Crippen molar-refractivity contribution in [2.45, 2.75) is 32.7 Å². The number of hydrogen-bond donors (Lipinski definition) is 0. The number of likely N-dealkylation sites (N-methyl/N-ethyl adjacent to an activating group) is 1. The van der Waals surface area contributed by atoms with Crippen LogP contribution in [0.1, 0.15) is 37.3 Å². The van der Waals surface area contributed by atoms with E-state index in [4.69, 9.17) is 11.6 Å². The molecule has 1 aliphatic heterocycles. The molecule has 1 amide bonds. The van der Waals surface area contributed by atoms with Gasteiger partial charge in [0.05, 0.1) is 0 Å². The summed E-state index contributed by atoms with van der Waals surface area (Å²) >= 11 is 6.34. The maximum absolute atomic E-state index is 13.3. The first-order valence-electron chi connectivity index (χ1n) is 10.9. The van der Waals surface area contributed by atoms with Gasteiger partial charge in [0, 0.05) is 67.2 Å². The van der Waals surface area contributed by atoms with E-state index in [0.717, 1.165) is 44.8 Å². The lowest BCUT2D eigenvalue weighted by Gasteiger charge is -2.35. The molecule has 1 aliphatic rings. The first-order chi connectivity index (χ1) is 14.6. The third kappa shape index (κ3) is 4.26. The van der Waals surface area contributed by atoms with Crippen LogP contribution >= 0.6 is 11.6 Å². The van der Waals surface area contributed by atoms with Crippen LogP contribution in [-0.4, -0.2) is 53.0 Å². The lowest BCUT2D eigenvalue weighted by atomic mass is 9.87. The SMILES string of the molecule is CCN1CCN(C(=O)C[C@H](c2cccc(Cl)c2)c2cn(CC)c3ccccc23)CC1. The van der Waals surface area contributed by atoms with Crippen LogP contribution in [0, 0.1) is 0 Å². The first-order valence-corrected chi connectivity index (χ1v) is 11.3. The van der Waals surface area contributed by atoms with E-state index in [-0.39, 0.29) is 11.8 Å². The van der Waals surface area contributed by atoms with Gasteiger partial charge in [-0.25, -0.2) is 0 Å². The Labute approximate surface area is 184 Å². The monoisotopic (exact) mass is 423 g/mol. The third-order valence-electron chi connectivity index (χ3n) is 6.34. The Bertz CT molecular complexity index is 1020. The molecule has 4 nitrogen and oxygen atoms in total. The van der Waals surface area contributed by atoms with E-state index < -0.39 is 0 Å². The zero-order chi connectivity index (χ0) is 21.1. The van der Waals surface area contributed by atoms with Crippen molar-refractivity contribution in [2.75, 3.05) is 32.7 Å². The van der Waals surface area contributed by atoms with Crippen molar-refractivity contribution in [3.8, 4) is 0 Å². The Hall–Kier alpha value is -2.30. The Kier molecular flexibility index (Phi) is 6.45. The van der Waals surface area contributed by atoms with Gasteiger partial charge < -0.3 is 14.4 Å². The molecule has 30 heavy (non-hydrogen) atoms. The average Bonchev–Trinajstić information content (AvgIpc) is 3.16. The number of fused-ring (bicyclic) bond motifs is 1. The molecule has 1 fully saturated rings. The fraction of sp³-hybridized carbons (Fsp3) is 0.400. The molecule has 0 N–H and O–H groups in total. The molecule has 2 heterocycles. The second kappa shape index (κ2) is 9.23. The molecule has 0 radical (unpaired) electrons. The molecule has 3 aromatic rings. The molecule has 0 spiro atoms. The predicted molar refractivity (Wildman–Crippen MR) is 124 cm³/mol. The van der Waals surface area contributed by atoms with Crippen molar-refractivity contribution in [1.82, 2.24) is 14.4 Å². The molecule has 158 valence electrons. The Morgan fingerprint density at radius 2 is 1.77 bits per heavy atom. The van der Waals surface area contributed by atoms with Gasteiger partial charge in [-0.1, -0.05) is 48.9 Å². The van der Waals surface area contributed by atoms with E-state index in [9.17, 15) is 4.79 Å². The summed E-state index contributed by atoms with van der Waals surface area (Å²) in [6, 6.07) is 16.4. The smallest absolute Gasteiger partial charge is 0.223 e. The fourth-order valence-corrected chi connectivity index (χ4v) is 4.76. The number of amides is 1. The van der Waals surface area contributed by atoms with E-state index in [1.807, 2.05) is 23.1 Å². The van der Waals surface area contributed by atoms with Gasteiger partial charge in [0.2, 0.25) is 5.91 Å². The number of piperazine rings is 1. The molecule has 0 saturated carbocycles. The second-order valence-electron chi connectivity index (χ2n) is 8.01. The van der Waals surface area contributed by atoms with Crippen LogP contribution in [0.4, 0.5) is 0 Å². The lowest BCUT2D eigenvalue weighted by molar-refractivity contribution is -0.133. The standard InChI is InChI=1S/C25H30ClN3O/c1-3-27-12-14-29(15-13-27)25(30)17-22(19-8-7-9-20(26)16-19)23-18-28(4-2)24-11-6-5-10-21(23)24/h5-11,16,18,22H,3-4,12-15,17H2,1-2H3/t22-/m1/s1. The summed E-state index contributed by atoms with van der Waals surface area (Å²) in [6.45, 7) is 9.81. The van der Waals surface area contributed by atoms with Gasteiger partial charge in [0.15, 0.2) is 0 Å². The van der Waals surface area contributed by atoms with Crippen molar-refractivity contribution in [1.29, 1.82) is 0 Å². The number of benzene rings is 2. The van der Waals surface area contributed by atoms with Crippen LogP contribution in [0.15, 0.2) is 54.7 Å². The zero-order valence-corrected chi connectivity index (χ0v) is 18.6. The van der Waals surface area contributed by atoms with Gasteiger partial charge in [-0.3, -0.25) is 4.79 Å². The van der Waals surface area contributed by atoms with Gasteiger partial charge in [0.25, 0.3) is 0 Å². The van der Waals surface area contributed by atoms with Crippen LogP contribution in [-0.2, 0) is 11.3 Å². The number of rotatable bonds is 6. The van der Waals surface area contributed by atoms with Crippen LogP contribution in [0.2, 0.25) is 5.02 Å². The minimum Gasteiger partial charge on any atom is -0.347 e. The summed E-state index contributed by atoms with van der Waals surface area (Å²) in [4.78, 5) is 17.7. The topological polar surface area (TPSA) is 28.5 Å². The van der Waals surface area contributed by atoms with Crippen molar-refractivity contribution < 1.29 is 4.79 Å². The van der Waals surface area contributed by atoms with E-state index in [2.05, 4.69) is 59.8 Å². The van der Waals surface area contributed by atoms with Crippen molar-refractivity contribution in [3.05, 3.63) is 70.9 Å². The Balaban J connectivity index is 1.69. The predicted octanol–water partition coefficient (Wildman–Crippen LogP) is 5.00. The first kappa shape index (κ1) is 21.0. The number of carbonyl (C=O) groups excluding carboxylic acids is 1. The summed E-state index contributed by atoms with van der Waals surface area (Å²) in [5, 5.41) is 1.92. The maximum Gasteiger partial charge on any atom is 0.223 e.